The number of ether oxygens (including phenoxy) is 1. The number of carbonyl (C=O) groups is 1. The average molecular weight is 427 g/mol. The zero-order chi connectivity index (χ0) is 21.3. The van der Waals surface area contributed by atoms with Crippen molar-refractivity contribution >= 4 is 29.2 Å². The zero-order valence-corrected chi connectivity index (χ0v) is 16.4. The Morgan fingerprint density at radius 2 is 2.07 bits per heavy atom. The monoisotopic (exact) mass is 426 g/mol. The van der Waals surface area contributed by atoms with Crippen molar-refractivity contribution in [3.8, 4) is 0 Å². The molecule has 0 bridgehead atoms. The summed E-state index contributed by atoms with van der Waals surface area (Å²) in [4.78, 5) is 23.8. The lowest BCUT2D eigenvalue weighted by molar-refractivity contribution is -0.384. The van der Waals surface area contributed by atoms with Gasteiger partial charge in [-0.3, -0.25) is 10.1 Å². The van der Waals surface area contributed by atoms with E-state index < -0.39 is 16.9 Å². The quantitative estimate of drug-likeness (QED) is 0.374. The maximum Gasteiger partial charge on any atom is 0.338 e. The molecule has 2 heterocycles. The molecule has 0 radical (unpaired) electrons. The molecule has 2 aromatic carbocycles. The molecule has 0 amide bonds. The fraction of sp³-hybridized carbons (Fsp3) is 0.158. The minimum Gasteiger partial charge on any atom is -0.457 e. The van der Waals surface area contributed by atoms with Crippen molar-refractivity contribution in [2.24, 2.45) is 0 Å². The van der Waals surface area contributed by atoms with E-state index in [-0.39, 0.29) is 22.9 Å². The van der Waals surface area contributed by atoms with Crippen molar-refractivity contribution in [3.05, 3.63) is 86.1 Å². The number of benzene rings is 2. The topological polar surface area (TPSA) is 125 Å². The molecular weight excluding hydrogens is 412 g/mol. The lowest BCUT2D eigenvalue weighted by atomic mass is 9.95. The Kier molecular flexibility index (Phi) is 5.15. The van der Waals surface area contributed by atoms with Crippen LogP contribution in [0.2, 0.25) is 5.02 Å². The SMILES string of the molecule is CC1=C(C(=O)OCc2ccccc2)[C@H](c2ccc(Cl)c([N+](=O)[O-])c2)n2nnnc2N1. The van der Waals surface area contributed by atoms with Gasteiger partial charge in [0.1, 0.15) is 17.7 Å². The number of nitro groups is 1. The Hall–Kier alpha value is -3.79. The number of tetrazole rings is 1. The molecule has 1 aliphatic heterocycles. The Labute approximate surface area is 175 Å². The van der Waals surface area contributed by atoms with E-state index in [2.05, 4.69) is 20.8 Å². The van der Waals surface area contributed by atoms with Gasteiger partial charge in [-0.15, -0.1) is 0 Å². The molecule has 0 saturated heterocycles. The first-order valence-electron chi connectivity index (χ1n) is 8.86. The molecular formula is C19H15ClN6O4. The molecule has 1 atom stereocenters. The average Bonchev–Trinajstić information content (AvgIpc) is 3.20. The second-order valence-electron chi connectivity index (χ2n) is 6.54. The number of nitrogens with zero attached hydrogens (tertiary/aromatic N) is 5. The number of rotatable bonds is 5. The first-order chi connectivity index (χ1) is 14.5. The van der Waals surface area contributed by atoms with Crippen LogP contribution >= 0.6 is 11.6 Å². The normalized spacial score (nSPS) is 15.3. The molecule has 1 aliphatic rings. The Bertz CT molecular complexity index is 1160. The van der Waals surface area contributed by atoms with Crippen molar-refractivity contribution in [2.45, 2.75) is 19.6 Å². The van der Waals surface area contributed by atoms with Crippen LogP contribution in [0.5, 0.6) is 0 Å². The number of anilines is 1. The van der Waals surface area contributed by atoms with Crippen molar-refractivity contribution in [2.75, 3.05) is 5.32 Å². The summed E-state index contributed by atoms with van der Waals surface area (Å²) in [6.45, 7) is 1.76. The van der Waals surface area contributed by atoms with Gasteiger partial charge in [0.2, 0.25) is 5.95 Å². The highest BCUT2D eigenvalue weighted by Gasteiger charge is 2.36. The third kappa shape index (κ3) is 3.60. The molecule has 30 heavy (non-hydrogen) atoms. The Morgan fingerprint density at radius 3 is 2.80 bits per heavy atom. The fourth-order valence-corrected chi connectivity index (χ4v) is 3.41. The van der Waals surface area contributed by atoms with E-state index in [1.165, 1.54) is 16.8 Å². The number of hydrogen-bond donors (Lipinski definition) is 1. The van der Waals surface area contributed by atoms with Crippen LogP contribution in [0.1, 0.15) is 24.1 Å². The highest BCUT2D eigenvalue weighted by atomic mass is 35.5. The summed E-state index contributed by atoms with van der Waals surface area (Å²) in [5.41, 5.74) is 1.69. The van der Waals surface area contributed by atoms with Gasteiger partial charge in [0.05, 0.1) is 10.5 Å². The standard InChI is InChI=1S/C19H15ClN6O4/c1-11-16(18(27)30-10-12-5-3-2-4-6-12)17(25-19(21-11)22-23-24-25)13-7-8-14(20)15(9-13)26(28)29/h2-9,17H,10H2,1H3,(H,21,22,24)/t17-/m0/s1. The van der Waals surface area contributed by atoms with E-state index in [1.54, 1.807) is 13.0 Å². The number of nitrogens with one attached hydrogen (secondary N) is 1. The number of hydrogen-bond acceptors (Lipinski definition) is 8. The number of esters is 1. The minimum atomic E-state index is -0.824. The molecule has 0 unspecified atom stereocenters. The van der Waals surface area contributed by atoms with Crippen molar-refractivity contribution in [3.63, 3.8) is 0 Å². The number of allylic oxidation sites excluding steroid dienone is 1. The first kappa shape index (κ1) is 19.5. The second-order valence-corrected chi connectivity index (χ2v) is 6.95. The summed E-state index contributed by atoms with van der Waals surface area (Å²) in [7, 11) is 0. The fourth-order valence-electron chi connectivity index (χ4n) is 3.23. The minimum absolute atomic E-state index is 0.0106. The predicted molar refractivity (Wildman–Crippen MR) is 107 cm³/mol. The smallest absolute Gasteiger partial charge is 0.338 e. The molecule has 152 valence electrons. The lowest BCUT2D eigenvalue weighted by Gasteiger charge is -2.27. The molecule has 11 heteroatoms. The van der Waals surface area contributed by atoms with E-state index >= 15 is 0 Å². The third-order valence-electron chi connectivity index (χ3n) is 4.63. The van der Waals surface area contributed by atoms with Gasteiger partial charge in [0, 0.05) is 11.8 Å². The van der Waals surface area contributed by atoms with Crippen LogP contribution in [0.4, 0.5) is 11.6 Å². The highest BCUT2D eigenvalue weighted by molar-refractivity contribution is 6.32. The van der Waals surface area contributed by atoms with Crippen molar-refractivity contribution in [1.29, 1.82) is 0 Å². The van der Waals surface area contributed by atoms with E-state index in [9.17, 15) is 14.9 Å². The summed E-state index contributed by atoms with van der Waals surface area (Å²) >= 11 is 5.95. The molecule has 10 nitrogen and oxygen atoms in total. The summed E-state index contributed by atoms with van der Waals surface area (Å²) < 4.78 is 6.88. The molecule has 1 N–H and O–H groups in total. The van der Waals surface area contributed by atoms with Gasteiger partial charge in [-0.25, -0.2) is 4.79 Å². The molecule has 0 aliphatic carbocycles. The lowest BCUT2D eigenvalue weighted by Crippen LogP contribution is -2.29. The largest absolute Gasteiger partial charge is 0.457 e. The number of carbonyl (C=O) groups excluding carboxylic acids is 1. The van der Waals surface area contributed by atoms with Crippen LogP contribution in [-0.4, -0.2) is 31.1 Å². The van der Waals surface area contributed by atoms with Crippen LogP contribution in [0, 0.1) is 10.1 Å². The molecule has 0 spiro atoms. The molecule has 0 saturated carbocycles. The third-order valence-corrected chi connectivity index (χ3v) is 4.95. The van der Waals surface area contributed by atoms with E-state index in [4.69, 9.17) is 16.3 Å². The zero-order valence-electron chi connectivity index (χ0n) is 15.7. The summed E-state index contributed by atoms with van der Waals surface area (Å²) in [6.07, 6.45) is 0. The van der Waals surface area contributed by atoms with Gasteiger partial charge in [0.25, 0.3) is 5.69 Å². The maximum atomic E-state index is 13.0. The van der Waals surface area contributed by atoms with Gasteiger partial charge in [-0.05, 0) is 34.5 Å². The summed E-state index contributed by atoms with van der Waals surface area (Å²) in [6, 6.07) is 12.7. The van der Waals surface area contributed by atoms with Crippen molar-refractivity contribution in [1.82, 2.24) is 20.2 Å². The Morgan fingerprint density at radius 1 is 1.30 bits per heavy atom. The second kappa shape index (κ2) is 7.91. The number of nitro benzene ring substituents is 1. The van der Waals surface area contributed by atoms with Crippen LogP contribution in [0.3, 0.4) is 0 Å². The van der Waals surface area contributed by atoms with E-state index in [0.29, 0.717) is 17.2 Å². The number of aromatic nitrogens is 4. The van der Waals surface area contributed by atoms with Gasteiger partial charge in [-0.1, -0.05) is 53.1 Å². The molecule has 0 fully saturated rings. The van der Waals surface area contributed by atoms with E-state index in [0.717, 1.165) is 5.56 Å². The Balaban J connectivity index is 1.73. The maximum absolute atomic E-state index is 13.0. The van der Waals surface area contributed by atoms with Gasteiger partial charge < -0.3 is 10.1 Å². The van der Waals surface area contributed by atoms with Crippen molar-refractivity contribution < 1.29 is 14.5 Å². The van der Waals surface area contributed by atoms with Crippen LogP contribution in [0.15, 0.2) is 59.8 Å². The van der Waals surface area contributed by atoms with Gasteiger partial charge in [-0.2, -0.15) is 4.68 Å². The van der Waals surface area contributed by atoms with Gasteiger partial charge >= 0.3 is 5.97 Å². The van der Waals surface area contributed by atoms with E-state index in [1.807, 2.05) is 30.3 Å². The summed E-state index contributed by atoms with van der Waals surface area (Å²) in [5, 5.41) is 25.8. The van der Waals surface area contributed by atoms with Gasteiger partial charge in [0.15, 0.2) is 0 Å². The molecule has 4 rings (SSSR count). The van der Waals surface area contributed by atoms with Crippen LogP contribution in [-0.2, 0) is 16.1 Å². The number of fused-ring (bicyclic) bond motifs is 1. The predicted octanol–water partition coefficient (Wildman–Crippen LogP) is 3.27. The first-order valence-corrected chi connectivity index (χ1v) is 9.24. The molecule has 3 aromatic rings. The van der Waals surface area contributed by atoms with Crippen LogP contribution < -0.4 is 5.32 Å². The summed E-state index contributed by atoms with van der Waals surface area (Å²) in [5.74, 6) is -0.290. The van der Waals surface area contributed by atoms with Crippen LogP contribution in [0.25, 0.3) is 0 Å². The molecule has 1 aromatic heterocycles. The number of halogens is 1. The highest BCUT2D eigenvalue weighted by Crippen LogP contribution is 2.37.